The van der Waals surface area contributed by atoms with Gasteiger partial charge in [0.1, 0.15) is 52.9 Å². The van der Waals surface area contributed by atoms with Gasteiger partial charge in [0.25, 0.3) is 0 Å². The molecule has 0 spiro atoms. The molecule has 0 amide bonds. The summed E-state index contributed by atoms with van der Waals surface area (Å²) in [6.07, 6.45) is 0. The Bertz CT molecular complexity index is 5410. The van der Waals surface area contributed by atoms with Gasteiger partial charge in [-0.2, -0.15) is 0 Å². The standard InChI is InChI=1S/C84H54N4O8/c1-2-10-46-34-58-57(33-45(46)9-1)77-73(53-17-21-65-69(41-53)93-29-25-89-65)79-59-35-47-11-3-4-12-48(47)36-60(59)81(86-79)75(55-19-23-67-71(43-55)95-31-27-91-67)83-63-39-51-15-7-8-16-52(51)40-64(63)84(88-83)76(56-20-24-68-72(44-56)96-32-28-92-68)82-62-38-50-14-6-5-13-49(50)37-61(62)80(87-82)74(78(58)85-77)54-18-22-66-70(42-54)94-30-26-90-66/h1-24,33-44,85,88H,25-32H2. The molecule has 14 aromatic rings. The van der Waals surface area contributed by atoms with Gasteiger partial charge >= 0.3 is 0 Å². The highest BCUT2D eigenvalue weighted by atomic mass is 16.6. The summed E-state index contributed by atoms with van der Waals surface area (Å²) in [5.41, 5.74) is 17.3. The van der Waals surface area contributed by atoms with Crippen molar-refractivity contribution in [3.8, 4) is 136 Å². The van der Waals surface area contributed by atoms with E-state index in [1.54, 1.807) is 0 Å². The molecule has 7 aliphatic rings. The number of rotatable bonds is 4. The molecule has 0 saturated heterocycles. The third kappa shape index (κ3) is 8.14. The Hall–Kier alpha value is -12.3. The van der Waals surface area contributed by atoms with Crippen molar-refractivity contribution in [2.45, 2.75) is 0 Å². The van der Waals surface area contributed by atoms with Crippen LogP contribution in [0.2, 0.25) is 0 Å². The minimum Gasteiger partial charge on any atom is -0.486 e. The van der Waals surface area contributed by atoms with E-state index in [1.165, 1.54) is 0 Å². The molecular formula is C84H54N4O8. The molecule has 458 valence electrons. The van der Waals surface area contributed by atoms with Crippen LogP contribution < -0.4 is 37.9 Å². The van der Waals surface area contributed by atoms with Crippen LogP contribution in [0.25, 0.3) is 176 Å². The van der Waals surface area contributed by atoms with Gasteiger partial charge in [0.15, 0.2) is 46.0 Å². The van der Waals surface area contributed by atoms with Crippen LogP contribution in [0.15, 0.2) is 218 Å². The summed E-state index contributed by atoms with van der Waals surface area (Å²) in [6.45, 7) is 3.45. The molecule has 8 bridgehead atoms. The molecule has 8 heterocycles. The van der Waals surface area contributed by atoms with Crippen LogP contribution in [0, 0.1) is 0 Å². The SMILES string of the molecule is c1ccc2cc3c(cc2c1)-c1nc-3c(-c2ccc3c(c2)OCCO3)c2[nH]c(c(-c3ccc4c(c3)OCCO4)c3nc(c(-c4ccc5c(c4)OCCO5)c4[nH]c(c1-c1ccc5c(c1)OCCO5)c1cc5ccccc5cc41)-c1cc4ccccc4cc1-3)c1cc3ccccc3cc21. The van der Waals surface area contributed by atoms with Crippen LogP contribution in [-0.4, -0.2) is 72.8 Å². The molecule has 12 heteroatoms. The first-order valence-corrected chi connectivity index (χ1v) is 32.7. The summed E-state index contributed by atoms with van der Waals surface area (Å²) in [6, 6.07) is 78.3. The van der Waals surface area contributed by atoms with E-state index in [-0.39, 0.29) is 0 Å². The van der Waals surface area contributed by atoms with Gasteiger partial charge in [0.2, 0.25) is 0 Å². The van der Waals surface area contributed by atoms with Gasteiger partial charge in [-0.25, -0.2) is 9.97 Å². The number of aromatic nitrogens is 4. The normalized spacial score (nSPS) is 14.2. The maximum atomic E-state index is 6.55. The third-order valence-corrected chi connectivity index (χ3v) is 19.9. The second-order valence-corrected chi connectivity index (χ2v) is 25.3. The first kappa shape index (κ1) is 53.3. The number of ether oxygens (including phenoxy) is 8. The van der Waals surface area contributed by atoms with Crippen molar-refractivity contribution in [1.29, 1.82) is 0 Å². The fourth-order valence-corrected chi connectivity index (χ4v) is 15.5. The van der Waals surface area contributed by atoms with E-state index in [0.717, 1.165) is 176 Å². The van der Waals surface area contributed by atoms with Crippen molar-refractivity contribution in [3.63, 3.8) is 0 Å². The largest absolute Gasteiger partial charge is 0.486 e. The number of nitrogens with one attached hydrogen (secondary N) is 2. The molecule has 0 unspecified atom stereocenters. The lowest BCUT2D eigenvalue weighted by Crippen LogP contribution is -2.15. The zero-order valence-electron chi connectivity index (χ0n) is 51.6. The smallest absolute Gasteiger partial charge is 0.161 e. The Balaban J connectivity index is 1.07. The highest BCUT2D eigenvalue weighted by Crippen LogP contribution is 2.56. The van der Waals surface area contributed by atoms with Crippen molar-refractivity contribution in [1.82, 2.24) is 19.9 Å². The molecule has 12 aromatic carbocycles. The molecule has 96 heavy (non-hydrogen) atoms. The molecule has 2 N–H and O–H groups in total. The summed E-state index contributed by atoms with van der Waals surface area (Å²) in [5.74, 6) is 5.36. The molecule has 0 atom stereocenters. The lowest BCUT2D eigenvalue weighted by atomic mass is 9.91. The minimum atomic E-state index is 0.413. The maximum Gasteiger partial charge on any atom is 0.161 e. The predicted molar refractivity (Wildman–Crippen MR) is 381 cm³/mol. The summed E-state index contributed by atoms with van der Waals surface area (Å²) in [4.78, 5) is 21.2. The van der Waals surface area contributed by atoms with Crippen molar-refractivity contribution in [2.24, 2.45) is 0 Å². The molecule has 0 radical (unpaired) electrons. The highest BCUT2D eigenvalue weighted by molar-refractivity contribution is 6.25. The Labute approximate surface area is 548 Å². The van der Waals surface area contributed by atoms with Crippen molar-refractivity contribution < 1.29 is 37.9 Å². The van der Waals surface area contributed by atoms with E-state index in [4.69, 9.17) is 47.9 Å². The Morgan fingerprint density at radius 2 is 0.427 bits per heavy atom. The summed E-state index contributed by atoms with van der Waals surface area (Å²) in [5, 5.41) is 12.6. The lowest BCUT2D eigenvalue weighted by molar-refractivity contribution is 0.171. The van der Waals surface area contributed by atoms with E-state index in [0.29, 0.717) is 98.9 Å². The average molecular weight is 1250 g/mol. The van der Waals surface area contributed by atoms with Crippen LogP contribution in [0.5, 0.6) is 46.0 Å². The van der Waals surface area contributed by atoms with Gasteiger partial charge < -0.3 is 47.9 Å². The number of hydrogen-bond donors (Lipinski definition) is 2. The topological polar surface area (TPSA) is 131 Å². The van der Waals surface area contributed by atoms with Gasteiger partial charge in [-0.15, -0.1) is 0 Å². The minimum absolute atomic E-state index is 0.413. The molecule has 12 nitrogen and oxygen atoms in total. The van der Waals surface area contributed by atoms with Crippen LogP contribution in [-0.2, 0) is 0 Å². The number of hydrogen-bond acceptors (Lipinski definition) is 10. The Morgan fingerprint density at radius 1 is 0.219 bits per heavy atom. The van der Waals surface area contributed by atoms with E-state index >= 15 is 0 Å². The molecule has 0 saturated carbocycles. The second kappa shape index (κ2) is 20.6. The van der Waals surface area contributed by atoms with E-state index in [2.05, 4.69) is 204 Å². The van der Waals surface area contributed by atoms with Crippen LogP contribution in [0.1, 0.15) is 0 Å². The molecule has 6 aliphatic heterocycles. The van der Waals surface area contributed by atoms with Gasteiger partial charge in [0, 0.05) is 66.1 Å². The van der Waals surface area contributed by atoms with Crippen LogP contribution in [0.4, 0.5) is 0 Å². The average Bonchev–Trinajstić information content (AvgIpc) is 1.58. The lowest BCUT2D eigenvalue weighted by Gasteiger charge is -2.19. The number of H-pyrrole nitrogens is 2. The number of fused-ring (bicyclic) bond motifs is 8. The molecule has 2 aromatic heterocycles. The van der Waals surface area contributed by atoms with Gasteiger partial charge in [-0.3, -0.25) is 0 Å². The van der Waals surface area contributed by atoms with Crippen molar-refractivity contribution in [3.05, 3.63) is 218 Å². The van der Waals surface area contributed by atoms with Gasteiger partial charge in [0.05, 0.1) is 44.8 Å². The number of aromatic amines is 2. The summed E-state index contributed by atoms with van der Waals surface area (Å²) in [7, 11) is 0. The first-order chi connectivity index (χ1) is 47.5. The van der Waals surface area contributed by atoms with Gasteiger partial charge in [-0.05, 0) is 162 Å². The number of nitrogens with zero attached hydrogens (tertiary/aromatic N) is 2. The monoisotopic (exact) mass is 1250 g/mol. The summed E-state index contributed by atoms with van der Waals surface area (Å²) < 4.78 is 51.4. The summed E-state index contributed by atoms with van der Waals surface area (Å²) >= 11 is 0. The zero-order chi connectivity index (χ0) is 62.7. The molecular weight excluding hydrogens is 1190 g/mol. The quantitative estimate of drug-likeness (QED) is 0.176. The Kier molecular flexibility index (Phi) is 11.4. The maximum absolute atomic E-state index is 6.55. The third-order valence-electron chi connectivity index (χ3n) is 19.9. The zero-order valence-corrected chi connectivity index (χ0v) is 51.6. The fourth-order valence-electron chi connectivity index (χ4n) is 15.5. The predicted octanol–water partition coefficient (Wildman–Crippen LogP) is 19.7. The molecule has 0 fully saturated rings. The van der Waals surface area contributed by atoms with E-state index < -0.39 is 0 Å². The van der Waals surface area contributed by atoms with Crippen LogP contribution in [0.3, 0.4) is 0 Å². The van der Waals surface area contributed by atoms with Crippen LogP contribution >= 0.6 is 0 Å². The number of benzene rings is 12. The Morgan fingerprint density at radius 3 is 0.656 bits per heavy atom. The highest BCUT2D eigenvalue weighted by Gasteiger charge is 2.33. The van der Waals surface area contributed by atoms with Crippen molar-refractivity contribution >= 4 is 86.7 Å². The molecule has 1 aliphatic carbocycles. The van der Waals surface area contributed by atoms with E-state index in [1.807, 2.05) is 24.3 Å². The van der Waals surface area contributed by atoms with E-state index in [9.17, 15) is 0 Å². The molecule has 21 rings (SSSR count). The van der Waals surface area contributed by atoms with Gasteiger partial charge in [-0.1, -0.05) is 121 Å². The fraction of sp³-hybridized carbons (Fsp3) is 0.0952. The first-order valence-electron chi connectivity index (χ1n) is 32.7. The second-order valence-electron chi connectivity index (χ2n) is 25.3. The van der Waals surface area contributed by atoms with Crippen molar-refractivity contribution in [2.75, 3.05) is 52.9 Å².